The van der Waals surface area contributed by atoms with E-state index in [1.165, 1.54) is 6.07 Å². The largest absolute Gasteiger partial charge is 0.390 e. The van der Waals surface area contributed by atoms with E-state index in [1.807, 2.05) is 13.8 Å². The summed E-state index contributed by atoms with van der Waals surface area (Å²) in [6.07, 6.45) is 6.64. The second-order valence-electron chi connectivity index (χ2n) is 14.5. The van der Waals surface area contributed by atoms with Gasteiger partial charge in [0.1, 0.15) is 5.69 Å². The van der Waals surface area contributed by atoms with Gasteiger partial charge in [0.05, 0.1) is 28.4 Å². The molecule has 2 aliphatic heterocycles. The van der Waals surface area contributed by atoms with E-state index in [9.17, 15) is 9.90 Å². The highest BCUT2D eigenvalue weighted by molar-refractivity contribution is 6.05. The molecule has 5 heterocycles. The third-order valence-electron chi connectivity index (χ3n) is 11.0. The predicted molar refractivity (Wildman–Crippen MR) is 186 cm³/mol. The smallest absolute Gasteiger partial charge is 0.261 e. The van der Waals surface area contributed by atoms with Crippen molar-refractivity contribution in [2.75, 3.05) is 56.5 Å². The van der Waals surface area contributed by atoms with Gasteiger partial charge in [-0.25, -0.2) is 14.4 Å². The number of aryl methyl sites for hydroxylation is 2. The summed E-state index contributed by atoms with van der Waals surface area (Å²) >= 11 is 0. The standard InChI is InChI=1S/C36H48FN9O2/c1-23-20-28(32(37)33(39-23)29-22-38-43(5)24(29)2)34(47)41-35-40-30-21-27(6-7-31(30)46(35)26-8-12-36(3,48)13-9-26)44-14-10-25(11-15-44)45-18-16-42(4)17-19-45/h6-7,20-22,25-26,48H,8-19H2,1-5H3,(H,40,41,47). The van der Waals surface area contributed by atoms with Crippen LogP contribution in [0.4, 0.5) is 16.0 Å². The van der Waals surface area contributed by atoms with Crippen molar-refractivity contribution in [2.45, 2.75) is 77.0 Å². The Bertz CT molecular complexity index is 1810. The van der Waals surface area contributed by atoms with Crippen LogP contribution in [0.2, 0.25) is 0 Å². The van der Waals surface area contributed by atoms with E-state index >= 15 is 4.39 Å². The van der Waals surface area contributed by atoms with Crippen LogP contribution in [0, 0.1) is 19.7 Å². The van der Waals surface area contributed by atoms with E-state index in [2.05, 4.69) is 59.9 Å². The van der Waals surface area contributed by atoms with Crippen LogP contribution < -0.4 is 10.2 Å². The SMILES string of the molecule is Cc1cc(C(=O)Nc2nc3cc(N4CCC(N5CCN(C)CC5)CC4)ccc3n2C2CCC(C)(O)CC2)c(F)c(-c2cnn(C)c2C)n1. The number of hydrogen-bond acceptors (Lipinski definition) is 8. The van der Waals surface area contributed by atoms with Crippen LogP contribution in [-0.2, 0) is 7.05 Å². The number of piperidine rings is 1. The van der Waals surface area contributed by atoms with Crippen LogP contribution in [0.5, 0.6) is 0 Å². The first-order valence-electron chi connectivity index (χ1n) is 17.4. The molecule has 2 saturated heterocycles. The molecule has 12 heteroatoms. The number of anilines is 2. The number of aliphatic hydroxyl groups is 1. The molecule has 3 aromatic heterocycles. The van der Waals surface area contributed by atoms with Crippen LogP contribution in [0.15, 0.2) is 30.5 Å². The van der Waals surface area contributed by atoms with Gasteiger partial charge in [-0.05, 0) is 90.6 Å². The average molecular weight is 658 g/mol. The number of rotatable bonds is 6. The summed E-state index contributed by atoms with van der Waals surface area (Å²) < 4.78 is 19.8. The lowest BCUT2D eigenvalue weighted by Crippen LogP contribution is -2.52. The molecule has 3 aliphatic rings. The topological polar surface area (TPSA) is 108 Å². The summed E-state index contributed by atoms with van der Waals surface area (Å²) in [6, 6.07) is 8.53. The molecule has 7 rings (SSSR count). The van der Waals surface area contributed by atoms with E-state index in [-0.39, 0.29) is 17.3 Å². The molecule has 3 fully saturated rings. The van der Waals surface area contributed by atoms with Gasteiger partial charge in [0.25, 0.3) is 5.91 Å². The average Bonchev–Trinajstić information content (AvgIpc) is 3.60. The van der Waals surface area contributed by atoms with Gasteiger partial charge >= 0.3 is 0 Å². The van der Waals surface area contributed by atoms with E-state index in [1.54, 1.807) is 24.9 Å². The first kappa shape index (κ1) is 32.7. The zero-order valence-electron chi connectivity index (χ0n) is 28.8. The van der Waals surface area contributed by atoms with Crippen molar-refractivity contribution in [3.8, 4) is 11.3 Å². The molecule has 256 valence electrons. The molecule has 1 saturated carbocycles. The molecule has 0 unspecified atom stereocenters. The molecular formula is C36H48FN9O2. The number of halogens is 1. The summed E-state index contributed by atoms with van der Waals surface area (Å²) in [6.45, 7) is 12.0. The Hall–Kier alpha value is -3.87. The summed E-state index contributed by atoms with van der Waals surface area (Å²) in [5.74, 6) is -0.875. The number of hydrogen-bond donors (Lipinski definition) is 2. The fourth-order valence-electron chi connectivity index (χ4n) is 7.80. The number of amides is 1. The number of carbonyl (C=O) groups excluding carboxylic acids is 1. The van der Waals surface area contributed by atoms with Gasteiger partial charge in [0.2, 0.25) is 5.95 Å². The van der Waals surface area contributed by atoms with E-state index in [0.717, 1.165) is 87.4 Å². The third kappa shape index (κ3) is 6.33. The van der Waals surface area contributed by atoms with Gasteiger partial charge in [-0.15, -0.1) is 0 Å². The highest BCUT2D eigenvalue weighted by atomic mass is 19.1. The predicted octanol–water partition coefficient (Wildman–Crippen LogP) is 4.92. The Morgan fingerprint density at radius 3 is 2.33 bits per heavy atom. The van der Waals surface area contributed by atoms with Crippen molar-refractivity contribution in [2.24, 2.45) is 7.05 Å². The Morgan fingerprint density at radius 2 is 1.67 bits per heavy atom. The minimum Gasteiger partial charge on any atom is -0.390 e. The van der Waals surface area contributed by atoms with Gasteiger partial charge in [-0.3, -0.25) is 19.7 Å². The molecule has 0 spiro atoms. The molecule has 1 aromatic carbocycles. The Balaban J connectivity index is 1.17. The van der Waals surface area contributed by atoms with Crippen LogP contribution >= 0.6 is 0 Å². The maximum absolute atomic E-state index is 16.0. The van der Waals surface area contributed by atoms with Crippen molar-refractivity contribution in [1.29, 1.82) is 0 Å². The molecule has 1 amide bonds. The van der Waals surface area contributed by atoms with Gasteiger partial charge in [-0.2, -0.15) is 5.10 Å². The van der Waals surface area contributed by atoms with Crippen LogP contribution in [0.1, 0.15) is 73.2 Å². The number of fused-ring (bicyclic) bond motifs is 1. The normalized spacial score (nSPS) is 23.2. The van der Waals surface area contributed by atoms with Crippen molar-refractivity contribution >= 4 is 28.6 Å². The summed E-state index contributed by atoms with van der Waals surface area (Å²) in [7, 11) is 3.99. The van der Waals surface area contributed by atoms with Gasteiger partial charge in [-0.1, -0.05) is 0 Å². The number of benzene rings is 1. The van der Waals surface area contributed by atoms with E-state index < -0.39 is 17.3 Å². The second-order valence-corrected chi connectivity index (χ2v) is 14.5. The molecule has 11 nitrogen and oxygen atoms in total. The minimum absolute atomic E-state index is 0.0355. The van der Waals surface area contributed by atoms with Gasteiger partial charge in [0, 0.05) is 81.0 Å². The number of nitrogens with one attached hydrogen (secondary N) is 1. The molecule has 0 radical (unpaired) electrons. The number of piperazine rings is 1. The fourth-order valence-corrected chi connectivity index (χ4v) is 7.80. The molecule has 1 aliphatic carbocycles. The van der Waals surface area contributed by atoms with Crippen molar-refractivity contribution in [1.82, 2.24) is 34.1 Å². The number of nitrogens with zero attached hydrogens (tertiary/aromatic N) is 8. The third-order valence-corrected chi connectivity index (χ3v) is 11.0. The van der Waals surface area contributed by atoms with Gasteiger partial charge in [0.15, 0.2) is 5.82 Å². The lowest BCUT2D eigenvalue weighted by Gasteiger charge is -2.42. The first-order chi connectivity index (χ1) is 23.0. The zero-order valence-corrected chi connectivity index (χ0v) is 28.8. The summed E-state index contributed by atoms with van der Waals surface area (Å²) in [5.41, 5.74) is 3.99. The van der Waals surface area contributed by atoms with Crippen LogP contribution in [0.25, 0.3) is 22.3 Å². The van der Waals surface area contributed by atoms with Crippen molar-refractivity contribution in [3.05, 3.63) is 53.2 Å². The Labute approximate surface area is 281 Å². The molecule has 48 heavy (non-hydrogen) atoms. The number of pyridine rings is 1. The maximum atomic E-state index is 16.0. The second kappa shape index (κ2) is 12.9. The lowest BCUT2D eigenvalue weighted by molar-refractivity contribution is 0.0106. The first-order valence-corrected chi connectivity index (χ1v) is 17.4. The zero-order chi connectivity index (χ0) is 33.7. The van der Waals surface area contributed by atoms with Crippen LogP contribution in [-0.4, -0.2) is 103 Å². The Morgan fingerprint density at radius 1 is 0.958 bits per heavy atom. The fraction of sp³-hybridized carbons (Fsp3) is 0.556. The highest BCUT2D eigenvalue weighted by Crippen LogP contribution is 2.39. The van der Waals surface area contributed by atoms with Gasteiger partial charge < -0.3 is 19.5 Å². The molecule has 4 aromatic rings. The quantitative estimate of drug-likeness (QED) is 0.301. The number of aromatic nitrogens is 5. The molecule has 2 N–H and O–H groups in total. The lowest BCUT2D eigenvalue weighted by atomic mass is 9.83. The highest BCUT2D eigenvalue weighted by Gasteiger charge is 2.33. The van der Waals surface area contributed by atoms with Crippen LogP contribution in [0.3, 0.4) is 0 Å². The molecular weight excluding hydrogens is 609 g/mol. The van der Waals surface area contributed by atoms with Crippen molar-refractivity contribution < 1.29 is 14.3 Å². The number of likely N-dealkylation sites (N-methyl/N-ethyl adjacent to an activating group) is 1. The molecule has 0 atom stereocenters. The van der Waals surface area contributed by atoms with E-state index in [4.69, 9.17) is 4.98 Å². The van der Waals surface area contributed by atoms with E-state index in [0.29, 0.717) is 36.1 Å². The molecule has 0 bridgehead atoms. The van der Waals surface area contributed by atoms with Crippen molar-refractivity contribution in [3.63, 3.8) is 0 Å². The maximum Gasteiger partial charge on any atom is 0.261 e. The summed E-state index contributed by atoms with van der Waals surface area (Å²) in [4.78, 5) is 30.8. The monoisotopic (exact) mass is 657 g/mol. The Kier molecular flexibility index (Phi) is 8.76. The number of carbonyl (C=O) groups is 1. The minimum atomic E-state index is -0.710. The number of imidazole rings is 1. The summed E-state index contributed by atoms with van der Waals surface area (Å²) in [5, 5.41) is 17.9.